The monoisotopic (exact) mass is 482 g/mol. The van der Waals surface area contributed by atoms with E-state index in [-0.39, 0.29) is 42.4 Å². The molecule has 2 heterocycles. The highest BCUT2D eigenvalue weighted by Crippen LogP contribution is 2.24. The fourth-order valence-corrected chi connectivity index (χ4v) is 4.43. The van der Waals surface area contributed by atoms with Crippen molar-refractivity contribution in [2.75, 3.05) is 19.7 Å². The van der Waals surface area contributed by atoms with Gasteiger partial charge in [0, 0.05) is 49.2 Å². The Bertz CT molecular complexity index is 1290. The summed E-state index contributed by atoms with van der Waals surface area (Å²) in [5.41, 5.74) is 0.925. The van der Waals surface area contributed by atoms with Gasteiger partial charge < -0.3 is 19.2 Å². The summed E-state index contributed by atoms with van der Waals surface area (Å²) >= 11 is 0. The molecule has 0 bridgehead atoms. The molecule has 1 N–H and O–H groups in total. The molecule has 1 aliphatic heterocycles. The van der Waals surface area contributed by atoms with Crippen molar-refractivity contribution < 1.29 is 28.2 Å². The summed E-state index contributed by atoms with van der Waals surface area (Å²) in [6.07, 6.45) is -0.302. The van der Waals surface area contributed by atoms with Crippen LogP contribution in [-0.2, 0) is 22.6 Å². The Balaban J connectivity index is 1.38. The number of rotatable bonds is 7. The van der Waals surface area contributed by atoms with Gasteiger partial charge in [0.25, 0.3) is 5.91 Å². The van der Waals surface area contributed by atoms with E-state index in [1.165, 1.54) is 24.3 Å². The molecule has 0 spiro atoms. The molecule has 1 saturated heterocycles. The summed E-state index contributed by atoms with van der Waals surface area (Å²) in [5.74, 6) is -1.13. The van der Waals surface area contributed by atoms with Gasteiger partial charge in [-0.2, -0.15) is 0 Å². The molecule has 35 heavy (non-hydrogen) atoms. The van der Waals surface area contributed by atoms with Crippen LogP contribution in [0.2, 0.25) is 0 Å². The van der Waals surface area contributed by atoms with Crippen LogP contribution in [0.3, 0.4) is 0 Å². The number of carbonyl (C=O) groups is 2. The number of amides is 1. The molecule has 1 fully saturated rings. The number of carbonyl (C=O) groups excluding carboxylic acids is 1. The number of halogens is 1. The molecule has 3 aromatic rings. The van der Waals surface area contributed by atoms with Gasteiger partial charge in [-0.15, -0.1) is 0 Å². The topological polar surface area (TPSA) is 100 Å². The van der Waals surface area contributed by atoms with E-state index in [4.69, 9.17) is 14.3 Å². The number of ether oxygens (including phenoxy) is 1. The number of carboxylic acid groups (broad SMARTS) is 1. The van der Waals surface area contributed by atoms with Crippen molar-refractivity contribution in [2.45, 2.75) is 38.9 Å². The first-order valence-electron chi connectivity index (χ1n) is 11.4. The Labute approximate surface area is 201 Å². The van der Waals surface area contributed by atoms with Gasteiger partial charge in [0.1, 0.15) is 17.1 Å². The van der Waals surface area contributed by atoms with E-state index in [9.17, 15) is 18.8 Å². The molecule has 2 atom stereocenters. The Hall–Kier alpha value is -3.72. The molecule has 9 heteroatoms. The lowest BCUT2D eigenvalue weighted by atomic mass is 10.1. The van der Waals surface area contributed by atoms with Gasteiger partial charge in [-0.3, -0.25) is 14.5 Å². The van der Waals surface area contributed by atoms with Crippen LogP contribution in [0.4, 0.5) is 4.39 Å². The average Bonchev–Trinajstić information content (AvgIpc) is 2.80. The van der Waals surface area contributed by atoms with Crippen LogP contribution in [0.1, 0.15) is 25.0 Å². The minimum absolute atomic E-state index is 0.0315. The van der Waals surface area contributed by atoms with Crippen LogP contribution in [-0.4, -0.2) is 58.6 Å². The lowest BCUT2D eigenvalue weighted by Gasteiger charge is -2.44. The van der Waals surface area contributed by atoms with E-state index in [0.29, 0.717) is 36.3 Å². The first-order chi connectivity index (χ1) is 16.7. The highest BCUT2D eigenvalue weighted by atomic mass is 19.1. The smallest absolute Gasteiger partial charge is 0.336 e. The Morgan fingerprint density at radius 1 is 1.09 bits per heavy atom. The second-order valence-electron chi connectivity index (χ2n) is 8.91. The van der Waals surface area contributed by atoms with Crippen LogP contribution >= 0.6 is 0 Å². The second-order valence-corrected chi connectivity index (χ2v) is 8.91. The average molecular weight is 483 g/mol. The standard InChI is InChI=1S/C26H27FN2O6/c1-16-13-29(17(2)12-28(16)14-18-3-5-20(27)6-4-18)24(30)15-34-21-7-8-22-19(9-25(31)32)10-26(33)35-23(22)11-21/h3-8,10-11,16-17H,9,12-15H2,1-2H3,(H,31,32)/t16-,17+/m1/s1. The summed E-state index contributed by atoms with van der Waals surface area (Å²) in [6.45, 7) is 5.75. The summed E-state index contributed by atoms with van der Waals surface area (Å²) in [7, 11) is 0. The number of nitrogens with zero attached hydrogens (tertiary/aromatic N) is 2. The van der Waals surface area contributed by atoms with Crippen molar-refractivity contribution in [1.82, 2.24) is 9.80 Å². The summed E-state index contributed by atoms with van der Waals surface area (Å²) in [5, 5.41) is 9.57. The number of fused-ring (bicyclic) bond motifs is 1. The van der Waals surface area contributed by atoms with Gasteiger partial charge in [0.2, 0.25) is 0 Å². The molecule has 184 valence electrons. The summed E-state index contributed by atoms with van der Waals surface area (Å²) in [4.78, 5) is 39.9. The van der Waals surface area contributed by atoms with E-state index in [1.54, 1.807) is 29.2 Å². The molecule has 8 nitrogen and oxygen atoms in total. The minimum Gasteiger partial charge on any atom is -0.484 e. The zero-order chi connectivity index (χ0) is 25.1. The quantitative estimate of drug-likeness (QED) is 0.517. The third-order valence-corrected chi connectivity index (χ3v) is 6.24. The lowest BCUT2D eigenvalue weighted by molar-refractivity contribution is -0.139. The Kier molecular flexibility index (Phi) is 7.16. The first-order valence-corrected chi connectivity index (χ1v) is 11.4. The number of aliphatic carboxylic acids is 1. The van der Waals surface area contributed by atoms with Crippen molar-refractivity contribution in [3.05, 3.63) is 75.9 Å². The maximum Gasteiger partial charge on any atom is 0.336 e. The zero-order valence-corrected chi connectivity index (χ0v) is 19.6. The lowest BCUT2D eigenvalue weighted by Crippen LogP contribution is -2.58. The Morgan fingerprint density at radius 3 is 2.54 bits per heavy atom. The van der Waals surface area contributed by atoms with Gasteiger partial charge in [0.15, 0.2) is 6.61 Å². The zero-order valence-electron chi connectivity index (χ0n) is 19.6. The van der Waals surface area contributed by atoms with Crippen LogP contribution < -0.4 is 10.4 Å². The van der Waals surface area contributed by atoms with Crippen molar-refractivity contribution in [2.24, 2.45) is 0 Å². The molecule has 0 radical (unpaired) electrons. The van der Waals surface area contributed by atoms with E-state index < -0.39 is 11.6 Å². The second kappa shape index (κ2) is 10.3. The third kappa shape index (κ3) is 5.86. The van der Waals surface area contributed by atoms with E-state index in [1.807, 2.05) is 6.92 Å². The number of hydrogen-bond acceptors (Lipinski definition) is 6. The largest absolute Gasteiger partial charge is 0.484 e. The molecule has 4 rings (SSSR count). The van der Waals surface area contributed by atoms with Gasteiger partial charge in [-0.1, -0.05) is 12.1 Å². The van der Waals surface area contributed by atoms with Crippen LogP contribution in [0.25, 0.3) is 11.0 Å². The third-order valence-electron chi connectivity index (χ3n) is 6.24. The molecule has 1 aromatic heterocycles. The molecule has 0 saturated carbocycles. The summed E-state index contributed by atoms with van der Waals surface area (Å²) < 4.78 is 24.1. The molecular weight excluding hydrogens is 455 g/mol. The van der Waals surface area contributed by atoms with Crippen LogP contribution in [0.5, 0.6) is 5.75 Å². The van der Waals surface area contributed by atoms with Gasteiger partial charge >= 0.3 is 11.6 Å². The van der Waals surface area contributed by atoms with E-state index in [2.05, 4.69) is 11.8 Å². The Morgan fingerprint density at radius 2 is 1.83 bits per heavy atom. The van der Waals surface area contributed by atoms with Crippen molar-refractivity contribution >= 4 is 22.8 Å². The maximum atomic E-state index is 13.2. The molecule has 0 aliphatic carbocycles. The normalized spacial score (nSPS) is 18.5. The van der Waals surface area contributed by atoms with E-state index in [0.717, 1.165) is 5.56 Å². The van der Waals surface area contributed by atoms with Crippen molar-refractivity contribution in [3.63, 3.8) is 0 Å². The molecule has 0 unspecified atom stereocenters. The SMILES string of the molecule is C[C@@H]1CN(C(=O)COc2ccc3c(CC(=O)O)cc(=O)oc3c2)[C@@H](C)CN1Cc1ccc(F)cc1. The van der Waals surface area contributed by atoms with Gasteiger partial charge in [-0.05, 0) is 49.2 Å². The van der Waals surface area contributed by atoms with Crippen molar-refractivity contribution in [1.29, 1.82) is 0 Å². The molecule has 1 aliphatic rings. The highest BCUT2D eigenvalue weighted by Gasteiger charge is 2.32. The fraction of sp³-hybridized carbons (Fsp3) is 0.346. The number of hydrogen-bond donors (Lipinski definition) is 1. The fourth-order valence-electron chi connectivity index (χ4n) is 4.43. The first kappa shape index (κ1) is 24.4. The summed E-state index contributed by atoms with van der Waals surface area (Å²) in [6, 6.07) is 12.4. The predicted octanol–water partition coefficient (Wildman–Crippen LogP) is 3.06. The molecule has 2 aromatic carbocycles. The number of carboxylic acids is 1. The highest BCUT2D eigenvalue weighted by molar-refractivity contribution is 5.85. The van der Waals surface area contributed by atoms with Crippen LogP contribution in [0.15, 0.2) is 57.7 Å². The number of benzene rings is 2. The van der Waals surface area contributed by atoms with Gasteiger partial charge in [0.05, 0.1) is 6.42 Å². The molecular formula is C26H27FN2O6. The van der Waals surface area contributed by atoms with E-state index >= 15 is 0 Å². The number of piperazine rings is 1. The van der Waals surface area contributed by atoms with Crippen molar-refractivity contribution in [3.8, 4) is 5.75 Å². The van der Waals surface area contributed by atoms with Gasteiger partial charge in [-0.25, -0.2) is 9.18 Å². The maximum absolute atomic E-state index is 13.2. The predicted molar refractivity (Wildman–Crippen MR) is 127 cm³/mol. The minimum atomic E-state index is -1.05. The van der Waals surface area contributed by atoms with Crippen LogP contribution in [0, 0.1) is 5.82 Å². The molecule has 1 amide bonds.